The molecule has 112 valence electrons. The number of halogens is 2. The van der Waals surface area contributed by atoms with Crippen molar-refractivity contribution in [1.29, 1.82) is 0 Å². The van der Waals surface area contributed by atoms with Crippen molar-refractivity contribution >= 4 is 33.9 Å². The van der Waals surface area contributed by atoms with E-state index in [4.69, 9.17) is 9.84 Å². The van der Waals surface area contributed by atoms with Gasteiger partial charge in [0.15, 0.2) is 0 Å². The van der Waals surface area contributed by atoms with E-state index >= 15 is 0 Å². The van der Waals surface area contributed by atoms with Crippen molar-refractivity contribution < 1.29 is 23.8 Å². The van der Waals surface area contributed by atoms with Crippen LogP contribution in [0.1, 0.15) is 15.9 Å². The first-order chi connectivity index (χ1) is 10.5. The molecular weight excluding hydrogens is 355 g/mol. The fourth-order valence-electron chi connectivity index (χ4n) is 1.60. The van der Waals surface area contributed by atoms with Crippen molar-refractivity contribution in [3.05, 3.63) is 70.0 Å². The second kappa shape index (κ2) is 7.00. The Kier molecular flexibility index (Phi) is 5.06. The standard InChI is InChI=1S/C16H10BrFO4/c17-13-9-11(16(20)21)4-7-14(13)22-15(19)8-3-10-1-5-12(18)6-2-10/h1-9H,(H,20,21)/b8-3+. The fourth-order valence-corrected chi connectivity index (χ4v) is 2.06. The van der Waals surface area contributed by atoms with Gasteiger partial charge in [-0.3, -0.25) is 0 Å². The quantitative estimate of drug-likeness (QED) is 0.507. The predicted octanol–water partition coefficient (Wildman–Crippen LogP) is 3.91. The Morgan fingerprint density at radius 3 is 2.41 bits per heavy atom. The number of carbonyl (C=O) groups excluding carboxylic acids is 1. The van der Waals surface area contributed by atoms with Crippen LogP contribution in [0, 0.1) is 5.82 Å². The molecule has 2 aromatic rings. The van der Waals surface area contributed by atoms with Gasteiger partial charge in [-0.2, -0.15) is 0 Å². The van der Waals surface area contributed by atoms with Crippen LogP contribution in [0.4, 0.5) is 4.39 Å². The number of esters is 1. The van der Waals surface area contributed by atoms with Crippen LogP contribution in [0.5, 0.6) is 5.75 Å². The average molecular weight is 365 g/mol. The molecule has 0 heterocycles. The normalized spacial score (nSPS) is 10.6. The summed E-state index contributed by atoms with van der Waals surface area (Å²) in [5.74, 6) is -1.86. The average Bonchev–Trinajstić information content (AvgIpc) is 2.48. The molecule has 0 aromatic heterocycles. The van der Waals surface area contributed by atoms with Crippen molar-refractivity contribution in [2.45, 2.75) is 0 Å². The van der Waals surface area contributed by atoms with Crippen LogP contribution in [0.2, 0.25) is 0 Å². The van der Waals surface area contributed by atoms with Crippen molar-refractivity contribution in [1.82, 2.24) is 0 Å². The van der Waals surface area contributed by atoms with E-state index in [1.54, 1.807) is 0 Å². The minimum absolute atomic E-state index is 0.0773. The van der Waals surface area contributed by atoms with Crippen LogP contribution in [0.3, 0.4) is 0 Å². The first-order valence-corrected chi connectivity index (χ1v) is 6.93. The van der Waals surface area contributed by atoms with E-state index in [9.17, 15) is 14.0 Å². The second-order valence-corrected chi connectivity index (χ2v) is 5.11. The Balaban J connectivity index is 2.05. The van der Waals surface area contributed by atoms with E-state index in [2.05, 4.69) is 15.9 Å². The third-order valence-corrected chi connectivity index (χ3v) is 3.29. The Bertz CT molecular complexity index is 738. The summed E-state index contributed by atoms with van der Waals surface area (Å²) < 4.78 is 18.2. The first kappa shape index (κ1) is 15.9. The monoisotopic (exact) mass is 364 g/mol. The predicted molar refractivity (Wildman–Crippen MR) is 82.2 cm³/mol. The Labute approximate surface area is 134 Å². The third-order valence-electron chi connectivity index (χ3n) is 2.67. The van der Waals surface area contributed by atoms with E-state index < -0.39 is 11.9 Å². The lowest BCUT2D eigenvalue weighted by atomic mass is 10.2. The van der Waals surface area contributed by atoms with Gasteiger partial charge in [-0.1, -0.05) is 12.1 Å². The maximum Gasteiger partial charge on any atom is 0.336 e. The molecule has 0 spiro atoms. The molecule has 0 saturated carbocycles. The van der Waals surface area contributed by atoms with Gasteiger partial charge in [0.2, 0.25) is 0 Å². The SMILES string of the molecule is O=C(/C=C/c1ccc(F)cc1)Oc1ccc(C(=O)O)cc1Br. The Hall–Kier alpha value is -2.47. The molecule has 2 aromatic carbocycles. The van der Waals surface area contributed by atoms with Crippen molar-refractivity contribution in [2.24, 2.45) is 0 Å². The van der Waals surface area contributed by atoms with Crippen LogP contribution < -0.4 is 4.74 Å². The summed E-state index contributed by atoms with van der Waals surface area (Å²) in [6.45, 7) is 0. The number of rotatable bonds is 4. The van der Waals surface area contributed by atoms with Gasteiger partial charge in [-0.15, -0.1) is 0 Å². The molecule has 0 unspecified atom stereocenters. The van der Waals surface area contributed by atoms with Gasteiger partial charge in [0.1, 0.15) is 11.6 Å². The van der Waals surface area contributed by atoms with Gasteiger partial charge in [0, 0.05) is 6.08 Å². The molecule has 0 radical (unpaired) electrons. The number of aromatic carboxylic acids is 1. The van der Waals surface area contributed by atoms with E-state index in [-0.39, 0.29) is 17.1 Å². The molecule has 2 rings (SSSR count). The number of hydrogen-bond donors (Lipinski definition) is 1. The molecule has 0 atom stereocenters. The van der Waals surface area contributed by atoms with Gasteiger partial charge >= 0.3 is 11.9 Å². The largest absolute Gasteiger partial charge is 0.478 e. The highest BCUT2D eigenvalue weighted by Crippen LogP contribution is 2.26. The maximum absolute atomic E-state index is 12.7. The molecule has 1 N–H and O–H groups in total. The zero-order chi connectivity index (χ0) is 16.1. The molecule has 22 heavy (non-hydrogen) atoms. The van der Waals surface area contributed by atoms with Crippen LogP contribution in [-0.2, 0) is 4.79 Å². The first-order valence-electron chi connectivity index (χ1n) is 6.14. The Morgan fingerprint density at radius 2 is 1.82 bits per heavy atom. The minimum atomic E-state index is -1.07. The molecule has 0 bridgehead atoms. The number of benzene rings is 2. The highest BCUT2D eigenvalue weighted by Gasteiger charge is 2.09. The zero-order valence-electron chi connectivity index (χ0n) is 11.1. The molecular formula is C16H10BrFO4. The highest BCUT2D eigenvalue weighted by atomic mass is 79.9. The van der Waals surface area contributed by atoms with Crippen molar-refractivity contribution in [2.75, 3.05) is 0 Å². The smallest absolute Gasteiger partial charge is 0.336 e. The summed E-state index contributed by atoms with van der Waals surface area (Å²) in [5, 5.41) is 8.85. The molecule has 0 aliphatic rings. The number of ether oxygens (including phenoxy) is 1. The van der Waals surface area contributed by atoms with E-state index in [0.29, 0.717) is 10.0 Å². The van der Waals surface area contributed by atoms with E-state index in [1.165, 1.54) is 54.6 Å². The summed E-state index contributed by atoms with van der Waals surface area (Å²) in [4.78, 5) is 22.5. The number of carboxylic acids is 1. The fraction of sp³-hybridized carbons (Fsp3) is 0. The topological polar surface area (TPSA) is 63.6 Å². The molecule has 6 heteroatoms. The number of carboxylic acid groups (broad SMARTS) is 1. The van der Waals surface area contributed by atoms with Gasteiger partial charge in [-0.05, 0) is 57.9 Å². The summed E-state index contributed by atoms with van der Waals surface area (Å²) in [7, 11) is 0. The minimum Gasteiger partial charge on any atom is -0.478 e. The summed E-state index contributed by atoms with van der Waals surface area (Å²) in [6, 6.07) is 9.68. The lowest BCUT2D eigenvalue weighted by Crippen LogP contribution is -2.05. The van der Waals surface area contributed by atoms with Gasteiger partial charge in [0.05, 0.1) is 10.0 Å². The summed E-state index contributed by atoms with van der Waals surface area (Å²) in [5.41, 5.74) is 0.729. The summed E-state index contributed by atoms with van der Waals surface area (Å²) in [6.07, 6.45) is 2.69. The van der Waals surface area contributed by atoms with Crippen LogP contribution in [-0.4, -0.2) is 17.0 Å². The van der Waals surface area contributed by atoms with Gasteiger partial charge < -0.3 is 9.84 Å². The van der Waals surface area contributed by atoms with Crippen LogP contribution >= 0.6 is 15.9 Å². The molecule has 0 aliphatic heterocycles. The molecule has 0 amide bonds. The molecule has 0 aliphatic carbocycles. The van der Waals surface area contributed by atoms with E-state index in [0.717, 1.165) is 0 Å². The Morgan fingerprint density at radius 1 is 1.14 bits per heavy atom. The number of carbonyl (C=O) groups is 2. The molecule has 0 fully saturated rings. The van der Waals surface area contributed by atoms with Crippen molar-refractivity contribution in [3.63, 3.8) is 0 Å². The number of hydrogen-bond acceptors (Lipinski definition) is 3. The van der Waals surface area contributed by atoms with Crippen LogP contribution in [0.15, 0.2) is 53.0 Å². The lowest BCUT2D eigenvalue weighted by Gasteiger charge is -2.05. The third kappa shape index (κ3) is 4.26. The lowest BCUT2D eigenvalue weighted by molar-refractivity contribution is -0.128. The second-order valence-electron chi connectivity index (χ2n) is 4.26. The van der Waals surface area contributed by atoms with Gasteiger partial charge in [0.25, 0.3) is 0 Å². The van der Waals surface area contributed by atoms with Crippen LogP contribution in [0.25, 0.3) is 6.08 Å². The molecule has 0 saturated heterocycles. The molecule has 4 nitrogen and oxygen atoms in total. The summed E-state index contributed by atoms with van der Waals surface area (Å²) >= 11 is 3.14. The maximum atomic E-state index is 12.7. The van der Waals surface area contributed by atoms with E-state index in [1.807, 2.05) is 0 Å². The van der Waals surface area contributed by atoms with Crippen molar-refractivity contribution in [3.8, 4) is 5.75 Å². The highest BCUT2D eigenvalue weighted by molar-refractivity contribution is 9.10. The zero-order valence-corrected chi connectivity index (χ0v) is 12.7. The van der Waals surface area contributed by atoms with Gasteiger partial charge in [-0.25, -0.2) is 14.0 Å².